The zero-order chi connectivity index (χ0) is 18.4. The number of carbonyl (C=O) groups is 1. The number of benzene rings is 1. The smallest absolute Gasteiger partial charge is 0.237 e. The molecule has 1 amide bonds. The number of carbonyl (C=O) groups excluding carboxylic acids is 1. The van der Waals surface area contributed by atoms with Gasteiger partial charge in [-0.1, -0.05) is 12.1 Å². The highest BCUT2D eigenvalue weighted by Gasteiger charge is 2.28. The number of hydrogen-bond acceptors (Lipinski definition) is 5. The fraction of sp³-hybridized carbons (Fsp3) is 0.650. The van der Waals surface area contributed by atoms with Gasteiger partial charge in [0.25, 0.3) is 0 Å². The van der Waals surface area contributed by atoms with Gasteiger partial charge in [-0.15, -0.1) is 24.8 Å². The van der Waals surface area contributed by atoms with E-state index in [4.69, 9.17) is 15.2 Å². The lowest BCUT2D eigenvalue weighted by Crippen LogP contribution is -2.49. The molecule has 2 saturated heterocycles. The van der Waals surface area contributed by atoms with E-state index in [0.717, 1.165) is 31.7 Å². The van der Waals surface area contributed by atoms with E-state index in [1.807, 2.05) is 12.1 Å². The van der Waals surface area contributed by atoms with E-state index in [9.17, 15) is 4.79 Å². The largest absolute Gasteiger partial charge is 0.497 e. The van der Waals surface area contributed by atoms with Gasteiger partial charge in [-0.25, -0.2) is 0 Å². The maximum absolute atomic E-state index is 12.6. The number of hydrogen-bond donors (Lipinski definition) is 2. The molecule has 0 aromatic heterocycles. The molecule has 0 aliphatic carbocycles. The van der Waals surface area contributed by atoms with Crippen LogP contribution in [0.2, 0.25) is 0 Å². The van der Waals surface area contributed by atoms with E-state index in [-0.39, 0.29) is 42.7 Å². The minimum Gasteiger partial charge on any atom is -0.497 e. The van der Waals surface area contributed by atoms with Gasteiger partial charge in [0.05, 0.1) is 19.2 Å². The van der Waals surface area contributed by atoms with Crippen molar-refractivity contribution in [1.29, 1.82) is 0 Å². The second kappa shape index (κ2) is 12.5. The summed E-state index contributed by atoms with van der Waals surface area (Å²) < 4.78 is 10.6. The molecule has 2 fully saturated rings. The van der Waals surface area contributed by atoms with Gasteiger partial charge in [-0.05, 0) is 62.4 Å². The first-order valence-corrected chi connectivity index (χ1v) is 9.68. The van der Waals surface area contributed by atoms with Crippen LogP contribution in [0, 0.1) is 5.92 Å². The summed E-state index contributed by atoms with van der Waals surface area (Å²) in [5.74, 6) is 1.02. The standard InChI is InChI=1S/C20H31N3O3.2ClH/c1-25-17-6-4-15(5-7-17)18(23-10-2-3-11-23)14-22-20(24)19(21)16-8-12-26-13-9-16;;/h4-7,16,18-19H,2-3,8-14,21H2,1H3,(H,22,24);2*1H. The van der Waals surface area contributed by atoms with Crippen molar-refractivity contribution in [3.63, 3.8) is 0 Å². The van der Waals surface area contributed by atoms with Crippen LogP contribution >= 0.6 is 24.8 Å². The summed E-state index contributed by atoms with van der Waals surface area (Å²) in [5.41, 5.74) is 7.41. The molecular formula is C20H33Cl2N3O3. The molecule has 1 aromatic carbocycles. The SMILES string of the molecule is COc1ccc(C(CNC(=O)C(N)C2CCOCC2)N2CCCC2)cc1.Cl.Cl. The maximum atomic E-state index is 12.6. The van der Waals surface area contributed by atoms with Gasteiger partial charge in [-0.3, -0.25) is 9.69 Å². The second-order valence-electron chi connectivity index (χ2n) is 7.25. The lowest BCUT2D eigenvalue weighted by Gasteiger charge is -2.30. The Kier molecular flexibility index (Phi) is 11.2. The molecule has 3 N–H and O–H groups in total. The number of likely N-dealkylation sites (tertiary alicyclic amines) is 1. The second-order valence-corrected chi connectivity index (χ2v) is 7.25. The molecule has 0 spiro atoms. The maximum Gasteiger partial charge on any atom is 0.237 e. The lowest BCUT2D eigenvalue weighted by molar-refractivity contribution is -0.124. The highest BCUT2D eigenvalue weighted by molar-refractivity contribution is 5.85. The van der Waals surface area contributed by atoms with Crippen molar-refractivity contribution >= 4 is 30.7 Å². The van der Waals surface area contributed by atoms with Crippen LogP contribution in [-0.2, 0) is 9.53 Å². The molecule has 6 nitrogen and oxygen atoms in total. The molecule has 0 bridgehead atoms. The Labute approximate surface area is 180 Å². The quantitative estimate of drug-likeness (QED) is 0.690. The monoisotopic (exact) mass is 433 g/mol. The van der Waals surface area contributed by atoms with Crippen molar-refractivity contribution in [2.45, 2.75) is 37.8 Å². The average Bonchev–Trinajstić information content (AvgIpc) is 3.23. The highest BCUT2D eigenvalue weighted by atomic mass is 35.5. The Morgan fingerprint density at radius 2 is 1.82 bits per heavy atom. The van der Waals surface area contributed by atoms with Crippen molar-refractivity contribution in [3.8, 4) is 5.75 Å². The van der Waals surface area contributed by atoms with Crippen LogP contribution < -0.4 is 15.8 Å². The van der Waals surface area contributed by atoms with Crippen molar-refractivity contribution in [3.05, 3.63) is 29.8 Å². The molecule has 1 aromatic rings. The molecule has 0 saturated carbocycles. The third-order valence-corrected chi connectivity index (χ3v) is 5.63. The van der Waals surface area contributed by atoms with Gasteiger partial charge in [-0.2, -0.15) is 0 Å². The molecule has 0 radical (unpaired) electrons. The van der Waals surface area contributed by atoms with Crippen molar-refractivity contribution in [1.82, 2.24) is 10.2 Å². The number of nitrogens with one attached hydrogen (secondary N) is 1. The van der Waals surface area contributed by atoms with Gasteiger partial charge in [0.1, 0.15) is 5.75 Å². The number of nitrogens with two attached hydrogens (primary N) is 1. The van der Waals surface area contributed by atoms with Crippen LogP contribution in [0.4, 0.5) is 0 Å². The molecule has 8 heteroatoms. The first-order valence-electron chi connectivity index (χ1n) is 9.68. The molecule has 2 unspecified atom stereocenters. The van der Waals surface area contributed by atoms with Gasteiger partial charge in [0.2, 0.25) is 5.91 Å². The fourth-order valence-electron chi connectivity index (χ4n) is 3.94. The van der Waals surface area contributed by atoms with Crippen LogP contribution in [0.3, 0.4) is 0 Å². The molecule has 160 valence electrons. The van der Waals surface area contributed by atoms with Crippen molar-refractivity contribution < 1.29 is 14.3 Å². The minimum atomic E-state index is -0.450. The molecule has 3 rings (SSSR count). The predicted octanol–water partition coefficient (Wildman–Crippen LogP) is 2.55. The van der Waals surface area contributed by atoms with E-state index in [1.54, 1.807) is 7.11 Å². The van der Waals surface area contributed by atoms with Gasteiger partial charge < -0.3 is 20.5 Å². The molecule has 2 atom stereocenters. The Morgan fingerprint density at radius 1 is 1.21 bits per heavy atom. The number of rotatable bonds is 7. The molecule has 2 aliphatic heterocycles. The summed E-state index contributed by atoms with van der Waals surface area (Å²) in [6.07, 6.45) is 4.15. The van der Waals surface area contributed by atoms with E-state index < -0.39 is 6.04 Å². The molecule has 2 heterocycles. The summed E-state index contributed by atoms with van der Waals surface area (Å²) in [6, 6.07) is 7.86. The Hall–Kier alpha value is -1.05. The van der Waals surface area contributed by atoms with Gasteiger partial charge in [0.15, 0.2) is 0 Å². The van der Waals surface area contributed by atoms with E-state index >= 15 is 0 Å². The van der Waals surface area contributed by atoms with Crippen LogP contribution in [0.25, 0.3) is 0 Å². The summed E-state index contributed by atoms with van der Waals surface area (Å²) >= 11 is 0. The van der Waals surface area contributed by atoms with Crippen molar-refractivity contribution in [2.75, 3.05) is 40.0 Å². The normalized spacial score (nSPS) is 19.8. The fourth-order valence-corrected chi connectivity index (χ4v) is 3.94. The first-order chi connectivity index (χ1) is 12.7. The number of amides is 1. The average molecular weight is 434 g/mol. The molecular weight excluding hydrogens is 401 g/mol. The summed E-state index contributed by atoms with van der Waals surface area (Å²) in [5, 5.41) is 3.11. The Morgan fingerprint density at radius 3 is 2.39 bits per heavy atom. The third kappa shape index (κ3) is 6.49. The van der Waals surface area contributed by atoms with E-state index in [0.29, 0.717) is 19.8 Å². The van der Waals surface area contributed by atoms with Crippen LogP contribution in [0.1, 0.15) is 37.3 Å². The summed E-state index contributed by atoms with van der Waals surface area (Å²) in [6.45, 7) is 4.13. The molecule has 28 heavy (non-hydrogen) atoms. The lowest BCUT2D eigenvalue weighted by atomic mass is 9.92. The Balaban J connectivity index is 0.00000196. The summed E-state index contributed by atoms with van der Waals surface area (Å²) in [4.78, 5) is 15.0. The zero-order valence-electron chi connectivity index (χ0n) is 16.5. The Bertz CT molecular complexity index is 577. The van der Waals surface area contributed by atoms with E-state index in [1.165, 1.54) is 18.4 Å². The number of ether oxygens (including phenoxy) is 2. The van der Waals surface area contributed by atoms with Crippen molar-refractivity contribution in [2.24, 2.45) is 11.7 Å². The zero-order valence-corrected chi connectivity index (χ0v) is 18.1. The molecule has 2 aliphatic rings. The third-order valence-electron chi connectivity index (χ3n) is 5.63. The van der Waals surface area contributed by atoms with Crippen LogP contribution in [0.15, 0.2) is 24.3 Å². The number of methoxy groups -OCH3 is 1. The summed E-state index contributed by atoms with van der Waals surface area (Å²) in [7, 11) is 1.67. The minimum absolute atomic E-state index is 0. The number of nitrogens with zero attached hydrogens (tertiary/aromatic N) is 1. The van der Waals surface area contributed by atoms with Gasteiger partial charge >= 0.3 is 0 Å². The van der Waals surface area contributed by atoms with E-state index in [2.05, 4.69) is 22.3 Å². The van der Waals surface area contributed by atoms with Crippen LogP contribution in [-0.4, -0.2) is 56.8 Å². The topological polar surface area (TPSA) is 76.8 Å². The highest BCUT2D eigenvalue weighted by Crippen LogP contribution is 2.26. The first kappa shape index (κ1) is 25.0. The predicted molar refractivity (Wildman–Crippen MR) is 116 cm³/mol. The number of halogens is 2. The van der Waals surface area contributed by atoms with Gasteiger partial charge in [0, 0.05) is 19.8 Å². The van der Waals surface area contributed by atoms with Crippen LogP contribution in [0.5, 0.6) is 5.75 Å².